The topological polar surface area (TPSA) is 69.7 Å². The highest BCUT2D eigenvalue weighted by Crippen LogP contribution is 2.18. The molecule has 1 aliphatic heterocycles. The molecule has 0 atom stereocenters. The van der Waals surface area contributed by atoms with Crippen LogP contribution in [0.5, 0.6) is 0 Å². The van der Waals surface area contributed by atoms with Crippen molar-refractivity contribution in [3.8, 4) is 0 Å². The van der Waals surface area contributed by atoms with E-state index in [9.17, 15) is 14.4 Å². The summed E-state index contributed by atoms with van der Waals surface area (Å²) in [6.45, 7) is 4.04. The van der Waals surface area contributed by atoms with Crippen molar-refractivity contribution in [1.82, 2.24) is 10.2 Å². The van der Waals surface area contributed by atoms with Gasteiger partial charge in [-0.25, -0.2) is 0 Å². The Labute approximate surface area is 169 Å². The maximum Gasteiger partial charge on any atom is 0.253 e. The third kappa shape index (κ3) is 4.70. The summed E-state index contributed by atoms with van der Waals surface area (Å²) < 4.78 is 0. The summed E-state index contributed by atoms with van der Waals surface area (Å²) in [5.74, 6) is -0.434. The van der Waals surface area contributed by atoms with Crippen molar-refractivity contribution < 1.29 is 14.4 Å². The molecule has 1 heterocycles. The Morgan fingerprint density at radius 1 is 0.964 bits per heavy atom. The van der Waals surface area contributed by atoms with E-state index in [-0.39, 0.29) is 24.1 Å². The number of carbonyl (C=O) groups excluding carboxylic acids is 3. The van der Waals surface area contributed by atoms with Crippen LogP contribution in [-0.2, 0) is 4.79 Å². The van der Waals surface area contributed by atoms with Crippen molar-refractivity contribution in [3.63, 3.8) is 0 Å². The standard InChI is InChI=1S/C21H22ClN3O3/c1-15(26)16-6-8-17(9-7-16)24-10-12-25(13-11-24)20(27)14-23-21(28)18-4-2-3-5-19(18)22/h2-9H,10-14H2,1H3,(H,23,28). The number of rotatable bonds is 5. The molecule has 1 N–H and O–H groups in total. The Morgan fingerprint density at radius 3 is 2.21 bits per heavy atom. The first kappa shape index (κ1) is 19.9. The monoisotopic (exact) mass is 399 g/mol. The van der Waals surface area contributed by atoms with Gasteiger partial charge in [-0.15, -0.1) is 0 Å². The number of nitrogens with one attached hydrogen (secondary N) is 1. The zero-order valence-electron chi connectivity index (χ0n) is 15.7. The van der Waals surface area contributed by atoms with Crippen LogP contribution in [0.1, 0.15) is 27.6 Å². The van der Waals surface area contributed by atoms with Gasteiger partial charge in [0.25, 0.3) is 5.91 Å². The molecule has 1 saturated heterocycles. The first-order valence-corrected chi connectivity index (χ1v) is 9.50. The van der Waals surface area contributed by atoms with Gasteiger partial charge < -0.3 is 15.1 Å². The first-order valence-electron chi connectivity index (χ1n) is 9.12. The second kappa shape index (κ2) is 8.89. The molecule has 3 rings (SSSR count). The normalized spacial score (nSPS) is 13.9. The predicted octanol–water partition coefficient (Wildman–Crippen LogP) is 2.62. The summed E-state index contributed by atoms with van der Waals surface area (Å²) in [5.41, 5.74) is 2.08. The minimum absolute atomic E-state index is 0.0424. The number of benzene rings is 2. The van der Waals surface area contributed by atoms with Gasteiger partial charge in [0, 0.05) is 37.4 Å². The number of piperazine rings is 1. The molecule has 1 aliphatic rings. The third-order valence-electron chi connectivity index (χ3n) is 4.79. The van der Waals surface area contributed by atoms with Gasteiger partial charge in [0.1, 0.15) is 0 Å². The fourth-order valence-electron chi connectivity index (χ4n) is 3.13. The maximum absolute atomic E-state index is 12.4. The maximum atomic E-state index is 12.4. The van der Waals surface area contributed by atoms with E-state index in [0.717, 1.165) is 5.69 Å². The number of anilines is 1. The molecule has 2 amide bonds. The molecule has 0 radical (unpaired) electrons. The third-order valence-corrected chi connectivity index (χ3v) is 5.12. The lowest BCUT2D eigenvalue weighted by Gasteiger charge is -2.36. The highest BCUT2D eigenvalue weighted by Gasteiger charge is 2.22. The van der Waals surface area contributed by atoms with E-state index in [0.29, 0.717) is 42.3 Å². The fraction of sp³-hybridized carbons (Fsp3) is 0.286. The van der Waals surface area contributed by atoms with Gasteiger partial charge in [-0.2, -0.15) is 0 Å². The summed E-state index contributed by atoms with van der Waals surface area (Å²) >= 11 is 6.00. The van der Waals surface area contributed by atoms with Gasteiger partial charge in [-0.05, 0) is 43.3 Å². The van der Waals surface area contributed by atoms with E-state index in [1.807, 2.05) is 24.3 Å². The van der Waals surface area contributed by atoms with Gasteiger partial charge >= 0.3 is 0 Å². The van der Waals surface area contributed by atoms with Crippen LogP contribution in [0.15, 0.2) is 48.5 Å². The molecule has 6 nitrogen and oxygen atoms in total. The quantitative estimate of drug-likeness (QED) is 0.785. The van der Waals surface area contributed by atoms with E-state index < -0.39 is 0 Å². The molecule has 7 heteroatoms. The summed E-state index contributed by atoms with van der Waals surface area (Å²) in [5, 5.41) is 2.99. The van der Waals surface area contributed by atoms with Crippen molar-refractivity contribution in [3.05, 3.63) is 64.7 Å². The van der Waals surface area contributed by atoms with Crippen LogP contribution in [-0.4, -0.2) is 55.2 Å². The van der Waals surface area contributed by atoms with Crippen molar-refractivity contribution in [2.75, 3.05) is 37.6 Å². The fourth-order valence-corrected chi connectivity index (χ4v) is 3.35. The molecular formula is C21H22ClN3O3. The molecule has 2 aromatic rings. The molecule has 0 bridgehead atoms. The van der Waals surface area contributed by atoms with Gasteiger partial charge in [0.15, 0.2) is 5.78 Å². The molecule has 0 saturated carbocycles. The molecule has 0 aromatic heterocycles. The second-order valence-corrected chi connectivity index (χ2v) is 7.04. The number of halogens is 1. The Kier molecular flexibility index (Phi) is 6.31. The van der Waals surface area contributed by atoms with Crippen LogP contribution >= 0.6 is 11.6 Å². The second-order valence-electron chi connectivity index (χ2n) is 6.63. The Bertz CT molecular complexity index is 875. The van der Waals surface area contributed by atoms with Crippen molar-refractivity contribution in [2.24, 2.45) is 0 Å². The van der Waals surface area contributed by atoms with E-state index in [2.05, 4.69) is 10.2 Å². The largest absolute Gasteiger partial charge is 0.368 e. The van der Waals surface area contributed by atoms with Crippen LogP contribution in [0.3, 0.4) is 0 Å². The minimum atomic E-state index is -0.358. The number of hydrogen-bond donors (Lipinski definition) is 1. The molecule has 0 spiro atoms. The summed E-state index contributed by atoms with van der Waals surface area (Å²) in [4.78, 5) is 39.9. The highest BCUT2D eigenvalue weighted by molar-refractivity contribution is 6.33. The summed E-state index contributed by atoms with van der Waals surface area (Å²) in [6, 6.07) is 14.2. The zero-order valence-corrected chi connectivity index (χ0v) is 16.4. The number of ketones is 1. The molecule has 146 valence electrons. The number of Topliss-reactive ketones (excluding diaryl/α,β-unsaturated/α-hetero) is 1. The van der Waals surface area contributed by atoms with Crippen LogP contribution in [0.25, 0.3) is 0 Å². The molecule has 1 fully saturated rings. The van der Waals surface area contributed by atoms with Crippen molar-refractivity contribution in [2.45, 2.75) is 6.92 Å². The van der Waals surface area contributed by atoms with Crippen molar-refractivity contribution >= 4 is 34.9 Å². The average Bonchev–Trinajstić information content (AvgIpc) is 2.72. The Morgan fingerprint density at radius 2 is 1.61 bits per heavy atom. The smallest absolute Gasteiger partial charge is 0.253 e. The summed E-state index contributed by atoms with van der Waals surface area (Å²) in [6.07, 6.45) is 0. The molecule has 28 heavy (non-hydrogen) atoms. The van der Waals surface area contributed by atoms with Crippen LogP contribution in [0.2, 0.25) is 5.02 Å². The van der Waals surface area contributed by atoms with Crippen molar-refractivity contribution in [1.29, 1.82) is 0 Å². The first-order chi connectivity index (χ1) is 13.5. The molecule has 0 unspecified atom stereocenters. The number of amides is 2. The Hall–Kier alpha value is -2.86. The van der Waals surface area contributed by atoms with Gasteiger partial charge in [0.05, 0.1) is 17.1 Å². The number of nitrogens with zero attached hydrogens (tertiary/aromatic N) is 2. The highest BCUT2D eigenvalue weighted by atomic mass is 35.5. The van der Waals surface area contributed by atoms with Crippen LogP contribution in [0, 0.1) is 0 Å². The van der Waals surface area contributed by atoms with E-state index >= 15 is 0 Å². The van der Waals surface area contributed by atoms with E-state index in [1.54, 1.807) is 36.1 Å². The Balaban J connectivity index is 1.49. The lowest BCUT2D eigenvalue weighted by Crippen LogP contribution is -2.51. The molecule has 2 aromatic carbocycles. The SMILES string of the molecule is CC(=O)c1ccc(N2CCN(C(=O)CNC(=O)c3ccccc3Cl)CC2)cc1. The average molecular weight is 400 g/mol. The van der Waals surface area contributed by atoms with E-state index in [4.69, 9.17) is 11.6 Å². The van der Waals surface area contributed by atoms with Crippen LogP contribution < -0.4 is 10.2 Å². The van der Waals surface area contributed by atoms with Gasteiger partial charge in [0.2, 0.25) is 5.91 Å². The number of carbonyl (C=O) groups is 3. The zero-order chi connectivity index (χ0) is 20.1. The summed E-state index contributed by atoms with van der Waals surface area (Å²) in [7, 11) is 0. The van der Waals surface area contributed by atoms with Crippen LogP contribution in [0.4, 0.5) is 5.69 Å². The lowest BCUT2D eigenvalue weighted by atomic mass is 10.1. The molecular weight excluding hydrogens is 378 g/mol. The molecule has 0 aliphatic carbocycles. The lowest BCUT2D eigenvalue weighted by molar-refractivity contribution is -0.130. The van der Waals surface area contributed by atoms with Gasteiger partial charge in [-0.3, -0.25) is 14.4 Å². The van der Waals surface area contributed by atoms with E-state index in [1.165, 1.54) is 0 Å². The minimum Gasteiger partial charge on any atom is -0.368 e. The number of hydrogen-bond acceptors (Lipinski definition) is 4. The van der Waals surface area contributed by atoms with Gasteiger partial charge in [-0.1, -0.05) is 23.7 Å². The predicted molar refractivity (Wildman–Crippen MR) is 109 cm³/mol.